The van der Waals surface area contributed by atoms with Gasteiger partial charge in [-0.15, -0.1) is 11.6 Å². The summed E-state index contributed by atoms with van der Waals surface area (Å²) < 4.78 is 1.95. The molecule has 1 amide bonds. The van der Waals surface area contributed by atoms with E-state index in [4.69, 9.17) is 11.6 Å². The minimum atomic E-state index is -0.120. The zero-order valence-electron chi connectivity index (χ0n) is 9.09. The quantitative estimate of drug-likeness (QED) is 0.610. The van der Waals surface area contributed by atoms with Crippen LogP contribution in [-0.2, 0) is 11.3 Å². The Morgan fingerprint density at radius 3 is 2.87 bits per heavy atom. The summed E-state index contributed by atoms with van der Waals surface area (Å²) >= 11 is 5.35. The zero-order valence-corrected chi connectivity index (χ0v) is 9.84. The number of hydrogen-bond donors (Lipinski definition) is 1. The number of carbonyl (C=O) groups excluding carboxylic acids is 1. The first-order chi connectivity index (χ1) is 7.13. The number of rotatable bonds is 5. The van der Waals surface area contributed by atoms with Crippen LogP contribution in [-0.4, -0.2) is 28.1 Å². The minimum absolute atomic E-state index is 0.0277. The molecule has 1 aromatic heterocycles. The molecule has 0 aliphatic carbocycles. The van der Waals surface area contributed by atoms with Crippen molar-refractivity contribution in [1.29, 1.82) is 0 Å². The highest BCUT2D eigenvalue weighted by molar-refractivity contribution is 6.27. The van der Waals surface area contributed by atoms with E-state index in [0.717, 1.165) is 24.4 Å². The van der Waals surface area contributed by atoms with Crippen LogP contribution in [0.25, 0.3) is 0 Å². The van der Waals surface area contributed by atoms with E-state index in [0.29, 0.717) is 6.54 Å². The van der Waals surface area contributed by atoms with Crippen LogP contribution in [0.15, 0.2) is 6.07 Å². The molecule has 0 atom stereocenters. The van der Waals surface area contributed by atoms with Gasteiger partial charge in [0.25, 0.3) is 0 Å². The number of nitrogens with one attached hydrogen (secondary N) is 1. The van der Waals surface area contributed by atoms with Gasteiger partial charge in [0.05, 0.1) is 5.69 Å². The van der Waals surface area contributed by atoms with Gasteiger partial charge in [0.15, 0.2) is 0 Å². The van der Waals surface area contributed by atoms with Gasteiger partial charge in [0, 0.05) is 18.8 Å². The summed E-state index contributed by atoms with van der Waals surface area (Å²) in [7, 11) is 0. The van der Waals surface area contributed by atoms with Crippen molar-refractivity contribution >= 4 is 17.5 Å². The number of hydrogen-bond acceptors (Lipinski definition) is 2. The maximum atomic E-state index is 10.8. The van der Waals surface area contributed by atoms with Crippen molar-refractivity contribution in [3.8, 4) is 0 Å². The van der Waals surface area contributed by atoms with Crippen LogP contribution in [0.1, 0.15) is 17.8 Å². The lowest BCUT2D eigenvalue weighted by atomic mass is 10.4. The highest BCUT2D eigenvalue weighted by atomic mass is 35.5. The van der Waals surface area contributed by atoms with E-state index in [1.165, 1.54) is 0 Å². The first-order valence-electron chi connectivity index (χ1n) is 4.97. The predicted molar refractivity (Wildman–Crippen MR) is 60.0 cm³/mol. The number of amides is 1. The second-order valence-corrected chi connectivity index (χ2v) is 3.75. The van der Waals surface area contributed by atoms with E-state index in [2.05, 4.69) is 10.4 Å². The number of halogens is 1. The van der Waals surface area contributed by atoms with E-state index in [1.54, 1.807) is 0 Å². The summed E-state index contributed by atoms with van der Waals surface area (Å²) in [5.41, 5.74) is 2.17. The van der Waals surface area contributed by atoms with Crippen molar-refractivity contribution in [2.45, 2.75) is 26.8 Å². The molecule has 0 aliphatic heterocycles. The molecule has 5 heteroatoms. The van der Waals surface area contributed by atoms with Crippen molar-refractivity contribution in [3.05, 3.63) is 17.5 Å². The Morgan fingerprint density at radius 1 is 1.60 bits per heavy atom. The highest BCUT2D eigenvalue weighted by Gasteiger charge is 2.01. The van der Waals surface area contributed by atoms with Crippen molar-refractivity contribution < 1.29 is 4.79 Å². The zero-order chi connectivity index (χ0) is 11.3. The van der Waals surface area contributed by atoms with Crippen molar-refractivity contribution in [2.75, 3.05) is 12.4 Å². The van der Waals surface area contributed by atoms with E-state index < -0.39 is 0 Å². The molecule has 0 radical (unpaired) electrons. The Morgan fingerprint density at radius 2 is 2.33 bits per heavy atom. The highest BCUT2D eigenvalue weighted by Crippen LogP contribution is 2.02. The molecular weight excluding hydrogens is 214 g/mol. The summed E-state index contributed by atoms with van der Waals surface area (Å²) in [5, 5.41) is 7.04. The third-order valence-electron chi connectivity index (χ3n) is 2.09. The van der Waals surface area contributed by atoms with Crippen LogP contribution in [0.3, 0.4) is 0 Å². The molecular formula is C10H16ClN3O. The van der Waals surface area contributed by atoms with Gasteiger partial charge in [-0.25, -0.2) is 0 Å². The third-order valence-corrected chi connectivity index (χ3v) is 2.34. The molecule has 1 rings (SSSR count). The predicted octanol–water partition coefficient (Wildman–Crippen LogP) is 1.25. The number of nitrogens with zero attached hydrogens (tertiary/aromatic N) is 2. The van der Waals surface area contributed by atoms with Crippen molar-refractivity contribution in [2.24, 2.45) is 0 Å². The molecule has 0 bridgehead atoms. The SMILES string of the molecule is Cc1cc(C)n(CCCNC(=O)CCl)n1. The molecule has 0 aromatic carbocycles. The Bertz CT molecular complexity index is 335. The minimum Gasteiger partial charge on any atom is -0.355 e. The largest absolute Gasteiger partial charge is 0.355 e. The van der Waals surface area contributed by atoms with Gasteiger partial charge in [-0.05, 0) is 26.3 Å². The summed E-state index contributed by atoms with van der Waals surface area (Å²) in [6.45, 7) is 5.46. The van der Waals surface area contributed by atoms with Gasteiger partial charge in [-0.3, -0.25) is 9.48 Å². The number of aromatic nitrogens is 2. The standard InChI is InChI=1S/C10H16ClN3O/c1-8-6-9(2)14(13-8)5-3-4-12-10(15)7-11/h6H,3-5,7H2,1-2H3,(H,12,15). The van der Waals surface area contributed by atoms with Gasteiger partial charge < -0.3 is 5.32 Å². The van der Waals surface area contributed by atoms with Gasteiger partial charge in [-0.1, -0.05) is 0 Å². The van der Waals surface area contributed by atoms with E-state index >= 15 is 0 Å². The fourth-order valence-electron chi connectivity index (χ4n) is 1.41. The van der Waals surface area contributed by atoms with Gasteiger partial charge >= 0.3 is 0 Å². The monoisotopic (exact) mass is 229 g/mol. The molecule has 0 spiro atoms. The number of alkyl halides is 1. The smallest absolute Gasteiger partial charge is 0.234 e. The molecule has 1 aromatic rings. The Kier molecular flexibility index (Phi) is 4.62. The molecule has 0 saturated heterocycles. The lowest BCUT2D eigenvalue weighted by Gasteiger charge is -2.05. The van der Waals surface area contributed by atoms with E-state index in [-0.39, 0.29) is 11.8 Å². The summed E-state index contributed by atoms with van der Waals surface area (Å²) in [6.07, 6.45) is 0.866. The van der Waals surface area contributed by atoms with Gasteiger partial charge in [0.1, 0.15) is 5.88 Å². The Hall–Kier alpha value is -1.03. The van der Waals surface area contributed by atoms with Crippen LogP contribution >= 0.6 is 11.6 Å². The molecule has 4 nitrogen and oxygen atoms in total. The first-order valence-corrected chi connectivity index (χ1v) is 5.50. The topological polar surface area (TPSA) is 46.9 Å². The van der Waals surface area contributed by atoms with Crippen LogP contribution < -0.4 is 5.32 Å². The van der Waals surface area contributed by atoms with Crippen molar-refractivity contribution in [3.63, 3.8) is 0 Å². The molecule has 0 aliphatic rings. The normalized spacial score (nSPS) is 10.3. The molecule has 15 heavy (non-hydrogen) atoms. The van der Waals surface area contributed by atoms with Crippen LogP contribution in [0, 0.1) is 13.8 Å². The lowest BCUT2D eigenvalue weighted by Crippen LogP contribution is -2.26. The molecule has 0 unspecified atom stereocenters. The van der Waals surface area contributed by atoms with Crippen molar-refractivity contribution in [1.82, 2.24) is 15.1 Å². The lowest BCUT2D eigenvalue weighted by molar-refractivity contribution is -0.118. The average Bonchev–Trinajstić information content (AvgIpc) is 2.52. The molecule has 0 fully saturated rings. The maximum Gasteiger partial charge on any atom is 0.234 e. The summed E-state index contributed by atoms with van der Waals surface area (Å²) in [4.78, 5) is 10.8. The molecule has 0 saturated carbocycles. The summed E-state index contributed by atoms with van der Waals surface area (Å²) in [6, 6.07) is 2.04. The van der Waals surface area contributed by atoms with Crippen LogP contribution in [0.4, 0.5) is 0 Å². The number of carbonyl (C=O) groups is 1. The fraction of sp³-hybridized carbons (Fsp3) is 0.600. The van der Waals surface area contributed by atoms with Gasteiger partial charge in [-0.2, -0.15) is 5.10 Å². The maximum absolute atomic E-state index is 10.8. The number of aryl methyl sites for hydroxylation is 3. The Labute approximate surface area is 94.6 Å². The molecule has 1 heterocycles. The fourth-order valence-corrected chi connectivity index (χ4v) is 1.50. The molecule has 1 N–H and O–H groups in total. The van der Waals surface area contributed by atoms with E-state index in [9.17, 15) is 4.79 Å². The third kappa shape index (κ3) is 3.91. The first kappa shape index (κ1) is 12.0. The van der Waals surface area contributed by atoms with E-state index in [1.807, 2.05) is 24.6 Å². The average molecular weight is 230 g/mol. The Balaban J connectivity index is 2.26. The molecule has 84 valence electrons. The second-order valence-electron chi connectivity index (χ2n) is 3.49. The van der Waals surface area contributed by atoms with Crippen LogP contribution in [0.2, 0.25) is 0 Å². The second kappa shape index (κ2) is 5.75. The summed E-state index contributed by atoms with van der Waals surface area (Å²) in [5.74, 6) is -0.0927. The van der Waals surface area contributed by atoms with Gasteiger partial charge in [0.2, 0.25) is 5.91 Å². The van der Waals surface area contributed by atoms with Crippen LogP contribution in [0.5, 0.6) is 0 Å².